The van der Waals surface area contributed by atoms with Crippen molar-refractivity contribution in [3.8, 4) is 5.75 Å². The molecule has 1 N–H and O–H groups in total. The third-order valence-electron chi connectivity index (χ3n) is 4.81. The molecule has 8 heteroatoms. The Hall–Kier alpha value is -1.10. The fourth-order valence-corrected chi connectivity index (χ4v) is 4.23. The van der Waals surface area contributed by atoms with Crippen LogP contribution in [0.2, 0.25) is 0 Å². The van der Waals surface area contributed by atoms with E-state index in [-0.39, 0.29) is 23.7 Å². The van der Waals surface area contributed by atoms with Gasteiger partial charge in [0.25, 0.3) is 0 Å². The van der Waals surface area contributed by atoms with Crippen molar-refractivity contribution in [3.63, 3.8) is 0 Å². The molecule has 0 spiro atoms. The molecule has 3 fully saturated rings. The van der Waals surface area contributed by atoms with Gasteiger partial charge >= 0.3 is 143 Å². The summed E-state index contributed by atoms with van der Waals surface area (Å²) < 4.78 is 12.8. The molecule has 0 unspecified atom stereocenters. The van der Waals surface area contributed by atoms with E-state index in [0.29, 0.717) is 35.9 Å². The monoisotopic (exact) mass is 515 g/mol. The number of hydrogen-bond acceptors (Lipinski definition) is 5. The second-order valence-electron chi connectivity index (χ2n) is 6.48. The van der Waals surface area contributed by atoms with Crippen LogP contribution in [0.1, 0.15) is 12.8 Å². The second-order valence-corrected chi connectivity index (χ2v) is 7.60. The van der Waals surface area contributed by atoms with Crippen molar-refractivity contribution in [1.29, 1.82) is 0 Å². The topological polar surface area (TPSA) is 81.0 Å². The SMILES string of the molecule is Cn1ccc(OCC23CN(C(=O)O[CH2][Pb])C(CO)(C2)C3)cc1=O. The molecule has 3 aliphatic rings. The summed E-state index contributed by atoms with van der Waals surface area (Å²) in [5.41, 5.74) is -0.778. The van der Waals surface area contributed by atoms with Gasteiger partial charge in [-0.2, -0.15) is 0 Å². The summed E-state index contributed by atoms with van der Waals surface area (Å²) in [6.45, 7) is 0.891. The van der Waals surface area contributed by atoms with Gasteiger partial charge < -0.3 is 0 Å². The molecule has 2 aliphatic heterocycles. The average Bonchev–Trinajstić information content (AvgIpc) is 3.00. The van der Waals surface area contributed by atoms with Crippen LogP contribution in [0.4, 0.5) is 4.79 Å². The molecular formula is C15H19N2O5Pb. The molecule has 23 heavy (non-hydrogen) atoms. The fraction of sp³-hybridized carbons (Fsp3) is 0.600. The third-order valence-corrected chi connectivity index (χ3v) is 5.37. The van der Waals surface area contributed by atoms with Crippen molar-refractivity contribution in [2.24, 2.45) is 12.5 Å². The van der Waals surface area contributed by atoms with Crippen LogP contribution in [0, 0.1) is 5.41 Å². The molecule has 3 heterocycles. The predicted molar refractivity (Wildman–Crippen MR) is 82.5 cm³/mol. The minimum absolute atomic E-state index is 0.0587. The van der Waals surface area contributed by atoms with E-state index in [1.54, 1.807) is 24.2 Å². The first-order chi connectivity index (χ1) is 10.9. The number of carbonyl (C=O) groups is 1. The molecule has 2 bridgehead atoms. The zero-order valence-electron chi connectivity index (χ0n) is 12.9. The van der Waals surface area contributed by atoms with Crippen LogP contribution >= 0.6 is 0 Å². The van der Waals surface area contributed by atoms with E-state index in [9.17, 15) is 14.7 Å². The summed E-state index contributed by atoms with van der Waals surface area (Å²) in [4.78, 5) is 25.3. The second kappa shape index (κ2) is 6.08. The number of ether oxygens (including phenoxy) is 2. The summed E-state index contributed by atoms with van der Waals surface area (Å²) in [6.07, 6.45) is 2.73. The van der Waals surface area contributed by atoms with Crippen LogP contribution < -0.4 is 10.3 Å². The number of aromatic nitrogens is 1. The minimum atomic E-state index is -0.496. The molecule has 4 rings (SSSR count). The Morgan fingerprint density at radius 1 is 1.48 bits per heavy atom. The molecule has 123 valence electrons. The summed E-state index contributed by atoms with van der Waals surface area (Å²) in [6, 6.07) is 3.20. The first-order valence-corrected chi connectivity index (χ1v) is 10.2. The summed E-state index contributed by atoms with van der Waals surface area (Å²) in [5.74, 6) is 0.532. The van der Waals surface area contributed by atoms with Gasteiger partial charge in [0.1, 0.15) is 0 Å². The van der Waals surface area contributed by atoms with Gasteiger partial charge in [-0.3, -0.25) is 0 Å². The van der Waals surface area contributed by atoms with Crippen molar-refractivity contribution in [1.82, 2.24) is 9.47 Å². The molecule has 0 atom stereocenters. The van der Waals surface area contributed by atoms with Crippen LogP contribution in [0.25, 0.3) is 0 Å². The molecule has 7 nitrogen and oxygen atoms in total. The number of rotatable bonds is 5. The van der Waals surface area contributed by atoms with E-state index in [1.807, 2.05) is 0 Å². The number of fused-ring (bicyclic) bond motifs is 1. The molecule has 1 saturated carbocycles. The van der Waals surface area contributed by atoms with E-state index in [4.69, 9.17) is 9.47 Å². The number of aryl methyl sites for hydroxylation is 1. The fourth-order valence-electron chi connectivity index (χ4n) is 3.75. The Bertz CT molecular complexity index is 668. The molecule has 1 aliphatic carbocycles. The van der Waals surface area contributed by atoms with E-state index < -0.39 is 5.54 Å². The van der Waals surface area contributed by atoms with Crippen molar-refractivity contribution < 1.29 is 19.4 Å². The summed E-state index contributed by atoms with van der Waals surface area (Å²) in [5, 5.41) is 9.69. The van der Waals surface area contributed by atoms with Crippen molar-refractivity contribution >= 4 is 31.9 Å². The molecule has 2 saturated heterocycles. The quantitative estimate of drug-likeness (QED) is 0.554. The zero-order valence-corrected chi connectivity index (χ0v) is 16.8. The summed E-state index contributed by atoms with van der Waals surface area (Å²) >= 11 is 0.795. The van der Waals surface area contributed by atoms with E-state index in [2.05, 4.69) is 0 Å². The number of amides is 1. The number of hydrogen-bond donors (Lipinski definition) is 1. The van der Waals surface area contributed by atoms with Gasteiger partial charge in [-0.1, -0.05) is 0 Å². The first-order valence-electron chi connectivity index (χ1n) is 7.43. The normalized spacial score (nSPS) is 28.4. The Kier molecular flexibility index (Phi) is 4.43. The van der Waals surface area contributed by atoms with Crippen LogP contribution in [0.3, 0.4) is 0 Å². The van der Waals surface area contributed by atoms with Crippen LogP contribution in [0.15, 0.2) is 23.1 Å². The number of aliphatic hydroxyl groups excluding tert-OH is 1. The van der Waals surface area contributed by atoms with Crippen molar-refractivity contribution in [3.05, 3.63) is 28.7 Å². The molecule has 3 radical (unpaired) electrons. The van der Waals surface area contributed by atoms with E-state index in [0.717, 1.165) is 25.8 Å². The van der Waals surface area contributed by atoms with Gasteiger partial charge in [-0.25, -0.2) is 0 Å². The first kappa shape index (κ1) is 16.7. The van der Waals surface area contributed by atoms with Gasteiger partial charge in [0, 0.05) is 7.05 Å². The standard InChI is InChI=1S/C15H19N2O5.Pb/c1-16-4-3-11(5-12(16)19)22-10-14-6-15(7-14,9-18)17(8-14)13(20)21-2;/h3-5,18H,2,6-10H2,1H3;. The maximum atomic E-state index is 12.1. The maximum absolute atomic E-state index is 12.1. The van der Waals surface area contributed by atoms with Crippen molar-refractivity contribution in [2.75, 3.05) is 23.9 Å². The third kappa shape index (κ3) is 2.88. The summed E-state index contributed by atoms with van der Waals surface area (Å²) in [7, 11) is 1.68. The van der Waals surface area contributed by atoms with Crippen LogP contribution in [0.5, 0.6) is 5.75 Å². The Morgan fingerprint density at radius 3 is 2.83 bits per heavy atom. The number of carbonyl (C=O) groups excluding carboxylic acids is 1. The van der Waals surface area contributed by atoms with Crippen molar-refractivity contribution in [2.45, 2.75) is 18.4 Å². The molecular weight excluding hydrogens is 495 g/mol. The van der Waals surface area contributed by atoms with Crippen LogP contribution in [-0.4, -0.2) is 75.9 Å². The molecule has 1 aromatic heterocycles. The Morgan fingerprint density at radius 2 is 2.22 bits per heavy atom. The zero-order chi connectivity index (χ0) is 16.7. The average molecular weight is 515 g/mol. The van der Waals surface area contributed by atoms with Gasteiger partial charge in [-0.05, 0) is 0 Å². The number of pyridine rings is 1. The molecule has 0 aromatic carbocycles. The Balaban J connectivity index is 1.67. The van der Waals surface area contributed by atoms with Gasteiger partial charge in [0.15, 0.2) is 0 Å². The molecule has 1 aromatic rings. The number of nitrogens with zero attached hydrogens (tertiary/aromatic N) is 2. The van der Waals surface area contributed by atoms with E-state index in [1.165, 1.54) is 10.6 Å². The van der Waals surface area contributed by atoms with Gasteiger partial charge in [0.2, 0.25) is 0 Å². The van der Waals surface area contributed by atoms with Gasteiger partial charge in [0.05, 0.1) is 0 Å². The predicted octanol–water partition coefficient (Wildman–Crippen LogP) is -0.146. The molecule has 1 amide bonds. The van der Waals surface area contributed by atoms with E-state index >= 15 is 0 Å². The van der Waals surface area contributed by atoms with Gasteiger partial charge in [-0.15, -0.1) is 0 Å². The number of aliphatic hydroxyl groups is 1. The Labute approximate surface area is 149 Å². The van der Waals surface area contributed by atoms with Crippen LogP contribution in [-0.2, 0) is 11.8 Å².